The zero-order valence-corrected chi connectivity index (χ0v) is 18.5. The molecule has 28 heavy (non-hydrogen) atoms. The average Bonchev–Trinajstić information content (AvgIpc) is 2.93. The summed E-state index contributed by atoms with van der Waals surface area (Å²) in [6.07, 6.45) is 1.77. The van der Waals surface area contributed by atoms with E-state index in [9.17, 15) is 9.90 Å². The monoisotopic (exact) mass is 497 g/mol. The van der Waals surface area contributed by atoms with Gasteiger partial charge in [-0.2, -0.15) is 0 Å². The molecule has 0 unspecified atom stereocenters. The zero-order valence-electron chi connectivity index (χ0n) is 14.6. The molecule has 0 aliphatic carbocycles. The number of aliphatic hydroxyl groups is 1. The maximum atomic E-state index is 12.4. The van der Waals surface area contributed by atoms with E-state index in [1.54, 1.807) is 31.2 Å². The van der Waals surface area contributed by atoms with Crippen LogP contribution in [0.2, 0.25) is 10.0 Å². The van der Waals surface area contributed by atoms with Gasteiger partial charge in [-0.1, -0.05) is 63.0 Å². The van der Waals surface area contributed by atoms with Gasteiger partial charge in [-0.15, -0.1) is 0 Å². The first kappa shape index (κ1) is 21.0. The SMILES string of the molecule is CCOC(=O)C1=C(O)C(=Cc2cccc(Br)c2)SC1=Nc1ccc(Cl)cc1Cl. The van der Waals surface area contributed by atoms with Gasteiger partial charge < -0.3 is 9.84 Å². The van der Waals surface area contributed by atoms with Crippen LogP contribution in [0.5, 0.6) is 0 Å². The van der Waals surface area contributed by atoms with E-state index >= 15 is 0 Å². The molecule has 8 heteroatoms. The summed E-state index contributed by atoms with van der Waals surface area (Å²) in [5.74, 6) is -0.818. The van der Waals surface area contributed by atoms with E-state index in [4.69, 9.17) is 27.9 Å². The Bertz CT molecular complexity index is 1030. The number of aliphatic hydroxyl groups excluding tert-OH is 1. The van der Waals surface area contributed by atoms with E-state index in [0.29, 0.717) is 25.7 Å². The average molecular weight is 499 g/mol. The first-order valence-corrected chi connectivity index (χ1v) is 10.6. The topological polar surface area (TPSA) is 58.9 Å². The number of ether oxygens (including phenoxy) is 1. The van der Waals surface area contributed by atoms with Gasteiger partial charge in [-0.3, -0.25) is 0 Å². The predicted octanol–water partition coefficient (Wildman–Crippen LogP) is 6.95. The Morgan fingerprint density at radius 2 is 2.07 bits per heavy atom. The Morgan fingerprint density at radius 1 is 1.29 bits per heavy atom. The van der Waals surface area contributed by atoms with Gasteiger partial charge in [0.05, 0.1) is 22.2 Å². The molecule has 0 amide bonds. The van der Waals surface area contributed by atoms with Crippen molar-refractivity contribution in [3.05, 3.63) is 78.8 Å². The number of carbonyl (C=O) groups is 1. The second-order valence-electron chi connectivity index (χ2n) is 5.62. The fraction of sp³-hybridized carbons (Fsp3) is 0.100. The third-order valence-corrected chi connectivity index (χ3v) is 5.70. The standard InChI is InChI=1S/C20H14BrCl2NO3S/c1-2-27-20(26)17-18(25)16(9-11-4-3-5-12(21)8-11)28-19(17)24-15-7-6-13(22)10-14(15)23/h3-10,25H,2H2,1H3. The third kappa shape index (κ3) is 4.81. The lowest BCUT2D eigenvalue weighted by atomic mass is 10.1. The molecule has 1 aliphatic heterocycles. The van der Waals surface area contributed by atoms with Crippen molar-refractivity contribution in [3.8, 4) is 0 Å². The van der Waals surface area contributed by atoms with Crippen LogP contribution in [0.4, 0.5) is 5.69 Å². The minimum Gasteiger partial charge on any atom is -0.506 e. The molecule has 0 fully saturated rings. The minimum absolute atomic E-state index is 0.0131. The van der Waals surface area contributed by atoms with Crippen LogP contribution < -0.4 is 0 Å². The molecular weight excluding hydrogens is 485 g/mol. The van der Waals surface area contributed by atoms with Crippen LogP contribution in [0.25, 0.3) is 6.08 Å². The molecular formula is C20H14BrCl2NO3S. The number of thioether (sulfide) groups is 1. The van der Waals surface area contributed by atoms with Gasteiger partial charge >= 0.3 is 5.97 Å². The number of nitrogens with zero attached hydrogens (tertiary/aromatic N) is 1. The maximum absolute atomic E-state index is 12.4. The highest BCUT2D eigenvalue weighted by Gasteiger charge is 2.33. The predicted molar refractivity (Wildman–Crippen MR) is 120 cm³/mol. The highest BCUT2D eigenvalue weighted by atomic mass is 79.9. The van der Waals surface area contributed by atoms with Crippen LogP contribution in [0, 0.1) is 0 Å². The van der Waals surface area contributed by atoms with Gasteiger partial charge in [0.1, 0.15) is 16.4 Å². The number of hydrogen-bond acceptors (Lipinski definition) is 5. The summed E-state index contributed by atoms with van der Waals surface area (Å²) >= 11 is 16.7. The first-order valence-electron chi connectivity index (χ1n) is 8.19. The fourth-order valence-corrected chi connectivity index (χ4v) is 4.32. The Hall–Kier alpha value is -1.73. The van der Waals surface area contributed by atoms with E-state index in [2.05, 4.69) is 20.9 Å². The van der Waals surface area contributed by atoms with Crippen LogP contribution in [0.1, 0.15) is 12.5 Å². The van der Waals surface area contributed by atoms with Crippen molar-refractivity contribution < 1.29 is 14.6 Å². The summed E-state index contributed by atoms with van der Waals surface area (Å²) in [6.45, 7) is 1.88. The third-order valence-electron chi connectivity index (χ3n) is 3.65. The zero-order chi connectivity index (χ0) is 20.3. The fourth-order valence-electron chi connectivity index (χ4n) is 2.42. The lowest BCUT2D eigenvalue weighted by Gasteiger charge is -2.05. The van der Waals surface area contributed by atoms with E-state index in [0.717, 1.165) is 10.0 Å². The van der Waals surface area contributed by atoms with Crippen molar-refractivity contribution in [1.82, 2.24) is 0 Å². The number of benzene rings is 2. The lowest BCUT2D eigenvalue weighted by Crippen LogP contribution is -2.12. The normalized spacial score (nSPS) is 16.9. The lowest BCUT2D eigenvalue weighted by molar-refractivity contribution is -0.138. The summed E-state index contributed by atoms with van der Waals surface area (Å²) in [5, 5.41) is 11.8. The van der Waals surface area contributed by atoms with Crippen molar-refractivity contribution in [3.63, 3.8) is 0 Å². The van der Waals surface area contributed by atoms with Gasteiger partial charge in [0.2, 0.25) is 0 Å². The number of aliphatic imine (C=N–C) groups is 1. The smallest absolute Gasteiger partial charge is 0.344 e. The van der Waals surface area contributed by atoms with Crippen LogP contribution in [-0.2, 0) is 9.53 Å². The van der Waals surface area contributed by atoms with Crippen molar-refractivity contribution in [2.45, 2.75) is 6.92 Å². The minimum atomic E-state index is -0.644. The molecule has 0 aromatic heterocycles. The van der Waals surface area contributed by atoms with Gasteiger partial charge in [-0.25, -0.2) is 9.79 Å². The number of hydrogen-bond donors (Lipinski definition) is 1. The van der Waals surface area contributed by atoms with Crippen LogP contribution >= 0.6 is 50.9 Å². The van der Waals surface area contributed by atoms with Crippen molar-refractivity contribution in [2.24, 2.45) is 4.99 Å². The Balaban J connectivity index is 2.07. The second-order valence-corrected chi connectivity index (χ2v) is 8.41. The molecule has 1 heterocycles. The highest BCUT2D eigenvalue weighted by Crippen LogP contribution is 2.41. The molecule has 1 N–H and O–H groups in total. The van der Waals surface area contributed by atoms with E-state index in [1.165, 1.54) is 11.8 Å². The van der Waals surface area contributed by atoms with E-state index < -0.39 is 5.97 Å². The summed E-state index contributed by atoms with van der Waals surface area (Å²) in [5.41, 5.74) is 1.31. The van der Waals surface area contributed by atoms with Crippen molar-refractivity contribution in [2.75, 3.05) is 6.61 Å². The van der Waals surface area contributed by atoms with Crippen LogP contribution in [0.3, 0.4) is 0 Å². The molecule has 0 bridgehead atoms. The Labute approximate surface area is 185 Å². The van der Waals surface area contributed by atoms with Crippen LogP contribution in [-0.4, -0.2) is 22.7 Å². The quantitative estimate of drug-likeness (QED) is 0.463. The number of halogens is 3. The summed E-state index contributed by atoms with van der Waals surface area (Å²) in [6, 6.07) is 12.4. The van der Waals surface area contributed by atoms with Crippen LogP contribution in [0.15, 0.2) is 68.2 Å². The molecule has 0 saturated carbocycles. The number of carbonyl (C=O) groups excluding carboxylic acids is 1. The molecule has 0 spiro atoms. The molecule has 2 aromatic rings. The summed E-state index contributed by atoms with van der Waals surface area (Å²) in [4.78, 5) is 17.4. The molecule has 2 aromatic carbocycles. The summed E-state index contributed by atoms with van der Waals surface area (Å²) in [7, 11) is 0. The molecule has 3 rings (SSSR count). The molecule has 1 aliphatic rings. The number of rotatable bonds is 4. The van der Waals surface area contributed by atoms with Gasteiger partial charge in [0.15, 0.2) is 0 Å². The Kier molecular flexibility index (Phi) is 6.88. The molecule has 0 atom stereocenters. The van der Waals surface area contributed by atoms with Crippen molar-refractivity contribution >= 4 is 73.7 Å². The van der Waals surface area contributed by atoms with Crippen molar-refractivity contribution in [1.29, 1.82) is 0 Å². The first-order chi connectivity index (χ1) is 13.4. The second kappa shape index (κ2) is 9.18. The van der Waals surface area contributed by atoms with E-state index in [-0.39, 0.29) is 17.9 Å². The molecule has 144 valence electrons. The maximum Gasteiger partial charge on any atom is 0.344 e. The van der Waals surface area contributed by atoms with Gasteiger partial charge in [0.25, 0.3) is 0 Å². The molecule has 0 saturated heterocycles. The highest BCUT2D eigenvalue weighted by molar-refractivity contribution is 9.10. The Morgan fingerprint density at radius 3 is 2.75 bits per heavy atom. The van der Waals surface area contributed by atoms with Gasteiger partial charge in [0, 0.05) is 9.50 Å². The van der Waals surface area contributed by atoms with E-state index in [1.807, 2.05) is 24.3 Å². The largest absolute Gasteiger partial charge is 0.506 e. The van der Waals surface area contributed by atoms with Gasteiger partial charge in [-0.05, 0) is 48.9 Å². The number of esters is 1. The molecule has 0 radical (unpaired) electrons. The summed E-state index contributed by atoms with van der Waals surface area (Å²) < 4.78 is 5.99. The molecule has 4 nitrogen and oxygen atoms in total.